The number of carbonyl (C=O) groups is 1. The topological polar surface area (TPSA) is 92.5 Å². The molecule has 0 aliphatic carbocycles. The third-order valence-corrected chi connectivity index (χ3v) is 2.61. The zero-order valence-electron chi connectivity index (χ0n) is 10.6. The van der Waals surface area contributed by atoms with Gasteiger partial charge < -0.3 is 10.4 Å². The Bertz CT molecular complexity index is 481. The Kier molecular flexibility index (Phi) is 5.69. The van der Waals surface area contributed by atoms with Crippen LogP contribution < -0.4 is 5.32 Å². The standard InChI is InChI=1S/C13H16N2O4/c1-2-11(9-16)14-13(17)8-7-10-5-3-4-6-12(10)15(18)19/h3-8,11,16H,2,9H2,1H3,(H,14,17)/b8-7-/t11-/m1/s1. The van der Waals surface area contributed by atoms with Crippen molar-refractivity contribution in [1.82, 2.24) is 5.32 Å². The van der Waals surface area contributed by atoms with Crippen LogP contribution in [0.2, 0.25) is 0 Å². The monoisotopic (exact) mass is 264 g/mol. The highest BCUT2D eigenvalue weighted by molar-refractivity contribution is 5.92. The van der Waals surface area contributed by atoms with E-state index in [1.165, 1.54) is 18.2 Å². The first-order valence-electron chi connectivity index (χ1n) is 5.91. The maximum Gasteiger partial charge on any atom is 0.276 e. The Labute approximate surface area is 110 Å². The molecule has 0 saturated carbocycles. The maximum absolute atomic E-state index is 11.5. The molecule has 1 atom stereocenters. The third-order valence-electron chi connectivity index (χ3n) is 2.61. The molecule has 0 aliphatic rings. The van der Waals surface area contributed by atoms with Crippen molar-refractivity contribution in [3.8, 4) is 0 Å². The lowest BCUT2D eigenvalue weighted by atomic mass is 10.1. The van der Waals surface area contributed by atoms with Crippen LogP contribution in [-0.2, 0) is 4.79 Å². The Morgan fingerprint density at radius 2 is 2.21 bits per heavy atom. The summed E-state index contributed by atoms with van der Waals surface area (Å²) in [5, 5.41) is 22.3. The number of benzene rings is 1. The lowest BCUT2D eigenvalue weighted by Gasteiger charge is -2.11. The molecule has 0 unspecified atom stereocenters. The van der Waals surface area contributed by atoms with Crippen LogP contribution in [0, 0.1) is 10.1 Å². The average molecular weight is 264 g/mol. The van der Waals surface area contributed by atoms with Crippen molar-refractivity contribution in [2.24, 2.45) is 0 Å². The van der Waals surface area contributed by atoms with Gasteiger partial charge in [0.1, 0.15) is 0 Å². The number of nitrogens with zero attached hydrogens (tertiary/aromatic N) is 1. The molecule has 6 heteroatoms. The van der Waals surface area contributed by atoms with Gasteiger partial charge >= 0.3 is 0 Å². The lowest BCUT2D eigenvalue weighted by Crippen LogP contribution is -2.35. The summed E-state index contributed by atoms with van der Waals surface area (Å²) in [5.74, 6) is -0.390. The molecule has 0 fully saturated rings. The highest BCUT2D eigenvalue weighted by Crippen LogP contribution is 2.18. The number of hydrogen-bond donors (Lipinski definition) is 2. The van der Waals surface area contributed by atoms with E-state index >= 15 is 0 Å². The summed E-state index contributed by atoms with van der Waals surface area (Å²) in [6.45, 7) is 1.70. The number of nitro groups is 1. The first-order chi connectivity index (χ1) is 9.08. The smallest absolute Gasteiger partial charge is 0.276 e. The van der Waals surface area contributed by atoms with Gasteiger partial charge in [0.2, 0.25) is 5.91 Å². The molecule has 1 aromatic rings. The molecular weight excluding hydrogens is 248 g/mol. The van der Waals surface area contributed by atoms with E-state index in [1.807, 2.05) is 6.92 Å². The summed E-state index contributed by atoms with van der Waals surface area (Å²) in [7, 11) is 0. The van der Waals surface area contributed by atoms with E-state index in [2.05, 4.69) is 5.32 Å². The van der Waals surface area contributed by atoms with Crippen LogP contribution in [0.25, 0.3) is 6.08 Å². The SMILES string of the molecule is CC[C@H](CO)NC(=O)/C=C\c1ccccc1[N+](=O)[O-]. The van der Waals surface area contributed by atoms with Crippen LogP contribution in [0.3, 0.4) is 0 Å². The summed E-state index contributed by atoms with van der Waals surface area (Å²) in [4.78, 5) is 21.8. The molecule has 1 rings (SSSR count). The van der Waals surface area contributed by atoms with Gasteiger partial charge in [-0.3, -0.25) is 14.9 Å². The van der Waals surface area contributed by atoms with Crippen LogP contribution in [-0.4, -0.2) is 28.6 Å². The molecule has 6 nitrogen and oxygen atoms in total. The number of aliphatic hydroxyl groups is 1. The van der Waals surface area contributed by atoms with E-state index in [-0.39, 0.29) is 24.2 Å². The van der Waals surface area contributed by atoms with E-state index < -0.39 is 4.92 Å². The molecular formula is C13H16N2O4. The number of para-hydroxylation sites is 1. The van der Waals surface area contributed by atoms with Gasteiger partial charge in [-0.2, -0.15) is 0 Å². The van der Waals surface area contributed by atoms with Crippen molar-refractivity contribution in [3.05, 3.63) is 46.0 Å². The second-order valence-electron chi connectivity index (χ2n) is 3.95. The van der Waals surface area contributed by atoms with E-state index in [9.17, 15) is 14.9 Å². The molecule has 0 spiro atoms. The first-order valence-corrected chi connectivity index (χ1v) is 5.91. The highest BCUT2D eigenvalue weighted by Gasteiger charge is 2.10. The number of carbonyl (C=O) groups excluding carboxylic acids is 1. The summed E-state index contributed by atoms with van der Waals surface area (Å²) in [5.41, 5.74) is 0.306. The molecule has 0 bridgehead atoms. The van der Waals surface area contributed by atoms with Gasteiger partial charge in [-0.15, -0.1) is 0 Å². The van der Waals surface area contributed by atoms with Gasteiger partial charge in [0.15, 0.2) is 0 Å². The fraction of sp³-hybridized carbons (Fsp3) is 0.308. The Balaban J connectivity index is 2.76. The number of amides is 1. The second kappa shape index (κ2) is 7.27. The second-order valence-corrected chi connectivity index (χ2v) is 3.95. The third kappa shape index (κ3) is 4.51. The minimum atomic E-state index is -0.500. The molecule has 0 radical (unpaired) electrons. The summed E-state index contributed by atoms with van der Waals surface area (Å²) in [6, 6.07) is 5.86. The van der Waals surface area contributed by atoms with E-state index in [1.54, 1.807) is 18.2 Å². The largest absolute Gasteiger partial charge is 0.394 e. The summed E-state index contributed by atoms with van der Waals surface area (Å²) in [6.07, 6.45) is 3.22. The number of nitro benzene ring substituents is 1. The minimum absolute atomic E-state index is 0.0549. The van der Waals surface area contributed by atoms with Crippen molar-refractivity contribution in [1.29, 1.82) is 0 Å². The molecule has 0 aliphatic heterocycles. The van der Waals surface area contributed by atoms with Crippen LogP contribution in [0.1, 0.15) is 18.9 Å². The van der Waals surface area contributed by atoms with E-state index in [4.69, 9.17) is 5.11 Å². The van der Waals surface area contributed by atoms with Gasteiger partial charge in [-0.05, 0) is 18.6 Å². The molecule has 1 amide bonds. The molecule has 102 valence electrons. The fourth-order valence-electron chi connectivity index (χ4n) is 1.49. The van der Waals surface area contributed by atoms with Crippen molar-refractivity contribution in [3.63, 3.8) is 0 Å². The molecule has 1 aromatic carbocycles. The number of hydrogen-bond acceptors (Lipinski definition) is 4. The zero-order valence-corrected chi connectivity index (χ0v) is 10.6. The predicted octanol–water partition coefficient (Wildman–Crippen LogP) is 1.50. The Morgan fingerprint density at radius 1 is 1.53 bits per heavy atom. The number of rotatable bonds is 6. The molecule has 2 N–H and O–H groups in total. The highest BCUT2D eigenvalue weighted by atomic mass is 16.6. The lowest BCUT2D eigenvalue weighted by molar-refractivity contribution is -0.385. The van der Waals surface area contributed by atoms with Crippen molar-refractivity contribution >= 4 is 17.7 Å². The van der Waals surface area contributed by atoms with Gasteiger partial charge in [-0.1, -0.05) is 19.1 Å². The van der Waals surface area contributed by atoms with Crippen molar-refractivity contribution < 1.29 is 14.8 Å². The summed E-state index contributed by atoms with van der Waals surface area (Å²) >= 11 is 0. The van der Waals surface area contributed by atoms with Crippen LogP contribution in [0.15, 0.2) is 30.3 Å². The van der Waals surface area contributed by atoms with E-state index in [0.29, 0.717) is 12.0 Å². The average Bonchev–Trinajstić information content (AvgIpc) is 2.42. The Hall–Kier alpha value is -2.21. The normalized spacial score (nSPS) is 12.3. The maximum atomic E-state index is 11.5. The van der Waals surface area contributed by atoms with Gasteiger partial charge in [0, 0.05) is 12.1 Å². The fourth-order valence-corrected chi connectivity index (χ4v) is 1.49. The van der Waals surface area contributed by atoms with Gasteiger partial charge in [-0.25, -0.2) is 0 Å². The first kappa shape index (κ1) is 14.8. The molecule has 19 heavy (non-hydrogen) atoms. The number of aliphatic hydroxyl groups excluding tert-OH is 1. The quantitative estimate of drug-likeness (QED) is 0.462. The summed E-state index contributed by atoms with van der Waals surface area (Å²) < 4.78 is 0. The molecule has 0 heterocycles. The van der Waals surface area contributed by atoms with E-state index in [0.717, 1.165) is 0 Å². The number of nitrogens with one attached hydrogen (secondary N) is 1. The van der Waals surface area contributed by atoms with Gasteiger partial charge in [0.05, 0.1) is 23.1 Å². The molecule has 0 saturated heterocycles. The molecule has 0 aromatic heterocycles. The van der Waals surface area contributed by atoms with Crippen molar-refractivity contribution in [2.45, 2.75) is 19.4 Å². The minimum Gasteiger partial charge on any atom is -0.394 e. The zero-order chi connectivity index (χ0) is 14.3. The van der Waals surface area contributed by atoms with Crippen LogP contribution in [0.4, 0.5) is 5.69 Å². The Morgan fingerprint density at radius 3 is 2.79 bits per heavy atom. The van der Waals surface area contributed by atoms with Crippen LogP contribution >= 0.6 is 0 Å². The van der Waals surface area contributed by atoms with Crippen molar-refractivity contribution in [2.75, 3.05) is 6.61 Å². The predicted molar refractivity (Wildman–Crippen MR) is 71.4 cm³/mol. The van der Waals surface area contributed by atoms with Gasteiger partial charge in [0.25, 0.3) is 5.69 Å². The van der Waals surface area contributed by atoms with Crippen LogP contribution in [0.5, 0.6) is 0 Å².